The third kappa shape index (κ3) is 3.59. The number of nitrogens with one attached hydrogen (secondary N) is 2. The van der Waals surface area contributed by atoms with Crippen molar-refractivity contribution in [2.24, 2.45) is 0 Å². The smallest absolute Gasteiger partial charge is 0.258 e. The summed E-state index contributed by atoms with van der Waals surface area (Å²) in [7, 11) is 0. The average molecular weight is 446 g/mol. The molecule has 2 N–H and O–H groups in total. The van der Waals surface area contributed by atoms with Gasteiger partial charge < -0.3 is 19.9 Å². The molecule has 4 aliphatic rings. The Hall–Kier alpha value is -2.54. The van der Waals surface area contributed by atoms with E-state index in [0.717, 1.165) is 23.0 Å². The van der Waals surface area contributed by atoms with Crippen molar-refractivity contribution in [3.05, 3.63) is 52.1 Å². The molecular weight excluding hydrogens is 421 g/mol. The molecule has 1 aromatic heterocycles. The van der Waals surface area contributed by atoms with Gasteiger partial charge in [0.15, 0.2) is 6.61 Å². The molecule has 1 heterocycles. The first-order valence-corrected chi connectivity index (χ1v) is 11.0. The van der Waals surface area contributed by atoms with Crippen LogP contribution in [0.5, 0.6) is 5.75 Å². The second-order valence-corrected chi connectivity index (χ2v) is 9.75. The van der Waals surface area contributed by atoms with Crippen LogP contribution in [0.3, 0.4) is 0 Å². The quantitative estimate of drug-likeness (QED) is 0.680. The summed E-state index contributed by atoms with van der Waals surface area (Å²) in [6.07, 6.45) is 4.51. The zero-order valence-electron chi connectivity index (χ0n) is 17.6. The fourth-order valence-corrected chi connectivity index (χ4v) is 5.43. The molecule has 2 bridgehead atoms. The number of hydrogen-bond donors (Lipinski definition) is 2. The molecule has 31 heavy (non-hydrogen) atoms. The van der Waals surface area contributed by atoms with Crippen molar-refractivity contribution in [1.29, 1.82) is 0 Å². The highest BCUT2D eigenvalue weighted by molar-refractivity contribution is 6.30. The summed E-state index contributed by atoms with van der Waals surface area (Å²) in [4.78, 5) is 25.1. The number of carbonyl (C=O) groups excluding carboxylic acids is 2. The van der Waals surface area contributed by atoms with E-state index in [2.05, 4.69) is 15.2 Å². The van der Waals surface area contributed by atoms with Gasteiger partial charge in [0.05, 0.1) is 10.6 Å². The minimum absolute atomic E-state index is 0.00692. The van der Waals surface area contributed by atoms with Crippen LogP contribution in [0.2, 0.25) is 5.02 Å². The van der Waals surface area contributed by atoms with Crippen molar-refractivity contribution in [3.8, 4) is 5.75 Å². The van der Waals surface area contributed by atoms with Gasteiger partial charge in [-0.15, -0.1) is 0 Å². The molecule has 1 aromatic carbocycles. The van der Waals surface area contributed by atoms with E-state index in [-0.39, 0.29) is 40.3 Å². The highest BCUT2D eigenvalue weighted by atomic mass is 35.5. The predicted octanol–water partition coefficient (Wildman–Crippen LogP) is 3.83. The number of ether oxygens (including phenoxy) is 1. The van der Waals surface area contributed by atoms with Gasteiger partial charge in [-0.3, -0.25) is 9.59 Å². The lowest BCUT2D eigenvalue weighted by Gasteiger charge is -2.70. The van der Waals surface area contributed by atoms with Crippen molar-refractivity contribution in [2.45, 2.75) is 63.1 Å². The molecule has 4 saturated carbocycles. The molecule has 6 nitrogen and oxygen atoms in total. The molecule has 6 rings (SSSR count). The lowest BCUT2D eigenvalue weighted by molar-refractivity contribution is -0.141. The molecule has 0 unspecified atom stereocenters. The largest absolute Gasteiger partial charge is 0.484 e. The van der Waals surface area contributed by atoms with Gasteiger partial charge in [-0.25, -0.2) is 4.39 Å². The predicted molar refractivity (Wildman–Crippen MR) is 114 cm³/mol. The van der Waals surface area contributed by atoms with Gasteiger partial charge in [-0.05, 0) is 64.2 Å². The minimum Gasteiger partial charge on any atom is -0.484 e. The third-order valence-corrected chi connectivity index (χ3v) is 7.02. The Balaban J connectivity index is 1.12. The number of halogens is 2. The van der Waals surface area contributed by atoms with E-state index >= 15 is 0 Å². The number of aryl methyl sites for hydroxylation is 1. The summed E-state index contributed by atoms with van der Waals surface area (Å²) in [5, 5.41) is 6.20. The van der Waals surface area contributed by atoms with Crippen LogP contribution in [0, 0.1) is 19.7 Å². The van der Waals surface area contributed by atoms with Gasteiger partial charge in [0.25, 0.3) is 11.8 Å². The first-order valence-electron chi connectivity index (χ1n) is 10.6. The van der Waals surface area contributed by atoms with Crippen LogP contribution in [0.1, 0.15) is 59.9 Å². The Labute approximate surface area is 185 Å². The lowest BCUT2D eigenvalue weighted by Crippen LogP contribution is -2.84. The number of benzene rings is 1. The maximum Gasteiger partial charge on any atom is 0.258 e. The van der Waals surface area contributed by atoms with Crippen molar-refractivity contribution < 1.29 is 18.7 Å². The summed E-state index contributed by atoms with van der Waals surface area (Å²) in [6, 6.07) is 6.58. The number of hydrogen-bond acceptors (Lipinski definition) is 3. The van der Waals surface area contributed by atoms with Gasteiger partial charge >= 0.3 is 0 Å². The molecule has 4 aliphatic carbocycles. The van der Waals surface area contributed by atoms with Crippen LogP contribution in [0.4, 0.5) is 4.39 Å². The fourth-order valence-electron chi connectivity index (χ4n) is 5.31. The highest BCUT2D eigenvalue weighted by Gasteiger charge is 2.69. The maximum atomic E-state index is 13.5. The molecule has 0 radical (unpaired) electrons. The molecule has 0 aliphatic heterocycles. The Kier molecular flexibility index (Phi) is 4.59. The van der Waals surface area contributed by atoms with Gasteiger partial charge in [0.1, 0.15) is 11.6 Å². The Morgan fingerprint density at radius 1 is 1.16 bits per heavy atom. The van der Waals surface area contributed by atoms with Crippen molar-refractivity contribution in [2.75, 3.05) is 6.61 Å². The Bertz CT molecular complexity index is 1070. The topological polar surface area (TPSA) is 72.4 Å². The van der Waals surface area contributed by atoms with E-state index in [0.29, 0.717) is 25.3 Å². The standard InChI is InChI=1S/C23H25ClFN3O3/c1-13-7-17(14(2)28(13)15-3-4-15)21(30)27-23-10-22(11-23,12-23)26-20(29)9-31-16-5-6-18(24)19(25)8-16/h5-8,15H,3-4,9-12H2,1-2H3,(H,26,29)(H,27,30). The maximum absolute atomic E-state index is 13.5. The number of aromatic nitrogens is 1. The van der Waals surface area contributed by atoms with Crippen LogP contribution in [-0.2, 0) is 4.79 Å². The molecule has 0 saturated heterocycles. The molecule has 2 aromatic rings. The van der Waals surface area contributed by atoms with Crippen LogP contribution < -0.4 is 15.4 Å². The fraction of sp³-hybridized carbons (Fsp3) is 0.478. The summed E-state index contributed by atoms with van der Waals surface area (Å²) in [5.74, 6) is -0.632. The number of nitrogens with zero attached hydrogens (tertiary/aromatic N) is 1. The SMILES string of the molecule is Cc1cc(C(=O)NC23CC(NC(=O)COc4ccc(Cl)c(F)c4)(C2)C3)c(C)n1C1CC1. The normalized spacial score (nSPS) is 25.9. The second-order valence-electron chi connectivity index (χ2n) is 9.34. The van der Waals surface area contributed by atoms with E-state index in [1.807, 2.05) is 19.9 Å². The molecule has 2 amide bonds. The second kappa shape index (κ2) is 6.99. The lowest BCUT2D eigenvalue weighted by atomic mass is 9.44. The van der Waals surface area contributed by atoms with Gasteiger partial charge in [0, 0.05) is 34.6 Å². The van der Waals surface area contributed by atoms with Crippen LogP contribution >= 0.6 is 11.6 Å². The third-order valence-electron chi connectivity index (χ3n) is 6.72. The van der Waals surface area contributed by atoms with Crippen LogP contribution in [-0.4, -0.2) is 34.1 Å². The first-order chi connectivity index (χ1) is 14.7. The highest BCUT2D eigenvalue weighted by Crippen LogP contribution is 2.60. The number of carbonyl (C=O) groups is 2. The summed E-state index contributed by atoms with van der Waals surface area (Å²) < 4.78 is 21.1. The molecule has 0 spiro atoms. The minimum atomic E-state index is -0.588. The van der Waals surface area contributed by atoms with Crippen LogP contribution in [0.25, 0.3) is 0 Å². The summed E-state index contributed by atoms with van der Waals surface area (Å²) in [6.45, 7) is 3.86. The first kappa shape index (κ1) is 20.4. The van der Waals surface area contributed by atoms with E-state index < -0.39 is 5.82 Å². The molecule has 8 heteroatoms. The zero-order valence-corrected chi connectivity index (χ0v) is 18.3. The summed E-state index contributed by atoms with van der Waals surface area (Å²) >= 11 is 5.64. The van der Waals surface area contributed by atoms with Crippen molar-refractivity contribution >= 4 is 23.4 Å². The van der Waals surface area contributed by atoms with Crippen molar-refractivity contribution in [1.82, 2.24) is 15.2 Å². The van der Waals surface area contributed by atoms with E-state index in [1.165, 1.54) is 25.0 Å². The van der Waals surface area contributed by atoms with Gasteiger partial charge in [0.2, 0.25) is 0 Å². The van der Waals surface area contributed by atoms with Crippen LogP contribution in [0.15, 0.2) is 24.3 Å². The van der Waals surface area contributed by atoms with Gasteiger partial charge in [-0.2, -0.15) is 0 Å². The van der Waals surface area contributed by atoms with E-state index in [4.69, 9.17) is 16.3 Å². The Morgan fingerprint density at radius 3 is 2.48 bits per heavy atom. The number of amides is 2. The monoisotopic (exact) mass is 445 g/mol. The molecule has 164 valence electrons. The molecule has 4 fully saturated rings. The molecular formula is C23H25ClFN3O3. The molecule has 0 atom stereocenters. The van der Waals surface area contributed by atoms with Crippen molar-refractivity contribution in [3.63, 3.8) is 0 Å². The van der Waals surface area contributed by atoms with E-state index in [9.17, 15) is 14.0 Å². The number of rotatable bonds is 7. The summed E-state index contributed by atoms with van der Waals surface area (Å²) in [5.41, 5.74) is 2.40. The average Bonchev–Trinajstić information content (AvgIpc) is 3.44. The van der Waals surface area contributed by atoms with E-state index in [1.54, 1.807) is 0 Å². The Morgan fingerprint density at radius 2 is 1.84 bits per heavy atom. The zero-order chi connectivity index (χ0) is 22.0. The van der Waals surface area contributed by atoms with Gasteiger partial charge in [-0.1, -0.05) is 11.6 Å².